The molecule has 0 saturated carbocycles. The van der Waals surface area contributed by atoms with Gasteiger partial charge in [-0.05, 0) is 6.07 Å². The fraction of sp³-hybridized carbons (Fsp3) is 0.182. The number of ketones is 1. The molecule has 5 nitrogen and oxygen atoms in total. The fourth-order valence-corrected chi connectivity index (χ4v) is 1.42. The maximum Gasteiger partial charge on any atom is 0.200 e. The van der Waals surface area contributed by atoms with Crippen LogP contribution in [0.2, 0.25) is 0 Å². The molecule has 2 heterocycles. The van der Waals surface area contributed by atoms with Gasteiger partial charge in [0.25, 0.3) is 0 Å². The van der Waals surface area contributed by atoms with Crippen LogP contribution in [0.4, 0.5) is 0 Å². The van der Waals surface area contributed by atoms with Crippen LogP contribution in [-0.2, 0) is 7.05 Å². The number of ether oxygens (including phenoxy) is 1. The molecule has 0 saturated heterocycles. The molecule has 0 amide bonds. The summed E-state index contributed by atoms with van der Waals surface area (Å²) in [5.41, 5.74) is 1.03. The summed E-state index contributed by atoms with van der Waals surface area (Å²) in [7, 11) is 3.28. The number of hydrogen-bond acceptors (Lipinski definition) is 4. The van der Waals surface area contributed by atoms with E-state index in [1.54, 1.807) is 30.2 Å². The Balaban J connectivity index is 2.41. The van der Waals surface area contributed by atoms with E-state index in [1.807, 2.05) is 0 Å². The number of pyridine rings is 1. The molecule has 16 heavy (non-hydrogen) atoms. The number of methoxy groups -OCH3 is 1. The first-order valence-corrected chi connectivity index (χ1v) is 4.73. The lowest BCUT2D eigenvalue weighted by atomic mass is 10.1. The van der Waals surface area contributed by atoms with Gasteiger partial charge < -0.3 is 4.74 Å². The Morgan fingerprint density at radius 2 is 2.25 bits per heavy atom. The average molecular weight is 217 g/mol. The van der Waals surface area contributed by atoms with Crippen LogP contribution in [0.15, 0.2) is 30.9 Å². The number of carbonyl (C=O) groups is 1. The number of carbonyl (C=O) groups excluding carboxylic acids is 1. The molecular weight excluding hydrogens is 206 g/mol. The van der Waals surface area contributed by atoms with Crippen molar-refractivity contribution in [1.29, 1.82) is 0 Å². The standard InChI is InChI=1S/C11H11N3O2/c1-14-7-8(5-13-14)11(15)9-3-4-12-6-10(9)16-2/h3-7H,1-2H3. The topological polar surface area (TPSA) is 57.0 Å². The monoisotopic (exact) mass is 217 g/mol. The molecular formula is C11H11N3O2. The molecule has 2 aromatic rings. The van der Waals surface area contributed by atoms with Gasteiger partial charge in [0.05, 0.1) is 30.6 Å². The summed E-state index contributed by atoms with van der Waals surface area (Å²) in [6.07, 6.45) is 6.28. The minimum absolute atomic E-state index is 0.118. The lowest BCUT2D eigenvalue weighted by Gasteiger charge is -2.04. The highest BCUT2D eigenvalue weighted by molar-refractivity contribution is 6.10. The first kappa shape index (κ1) is 10.4. The van der Waals surface area contributed by atoms with E-state index in [9.17, 15) is 4.79 Å². The molecule has 0 aromatic carbocycles. The van der Waals surface area contributed by atoms with E-state index in [1.165, 1.54) is 19.5 Å². The summed E-state index contributed by atoms with van der Waals surface area (Å²) in [4.78, 5) is 16.0. The van der Waals surface area contributed by atoms with Gasteiger partial charge in [-0.15, -0.1) is 0 Å². The van der Waals surface area contributed by atoms with Crippen molar-refractivity contribution in [3.05, 3.63) is 42.0 Å². The number of aryl methyl sites for hydroxylation is 1. The lowest BCUT2D eigenvalue weighted by molar-refractivity contribution is 0.103. The third-order valence-corrected chi connectivity index (χ3v) is 2.22. The largest absolute Gasteiger partial charge is 0.494 e. The molecule has 82 valence electrons. The van der Waals surface area contributed by atoms with E-state index in [4.69, 9.17) is 4.74 Å². The van der Waals surface area contributed by atoms with Gasteiger partial charge in [0, 0.05) is 19.4 Å². The van der Waals surface area contributed by atoms with Crippen molar-refractivity contribution in [2.45, 2.75) is 0 Å². The minimum Gasteiger partial charge on any atom is -0.494 e. The van der Waals surface area contributed by atoms with E-state index in [2.05, 4.69) is 10.1 Å². The number of aromatic nitrogens is 3. The van der Waals surface area contributed by atoms with E-state index >= 15 is 0 Å². The van der Waals surface area contributed by atoms with Crippen molar-refractivity contribution in [3.8, 4) is 5.75 Å². The molecule has 0 N–H and O–H groups in total. The minimum atomic E-state index is -0.118. The molecule has 0 unspecified atom stereocenters. The Morgan fingerprint density at radius 3 is 2.88 bits per heavy atom. The van der Waals surface area contributed by atoms with Crippen molar-refractivity contribution in [1.82, 2.24) is 14.8 Å². The number of hydrogen-bond donors (Lipinski definition) is 0. The maximum atomic E-state index is 12.1. The summed E-state index contributed by atoms with van der Waals surface area (Å²) in [5, 5.41) is 3.96. The zero-order valence-corrected chi connectivity index (χ0v) is 9.04. The Bertz CT molecular complexity index is 519. The van der Waals surface area contributed by atoms with Crippen LogP contribution in [0.5, 0.6) is 5.75 Å². The van der Waals surface area contributed by atoms with Gasteiger partial charge in [0.1, 0.15) is 5.75 Å². The van der Waals surface area contributed by atoms with Crippen molar-refractivity contribution in [2.75, 3.05) is 7.11 Å². The zero-order valence-electron chi connectivity index (χ0n) is 9.04. The molecule has 2 aromatic heterocycles. The molecule has 0 aliphatic rings. The smallest absolute Gasteiger partial charge is 0.200 e. The van der Waals surface area contributed by atoms with Crippen molar-refractivity contribution in [2.24, 2.45) is 7.05 Å². The van der Waals surface area contributed by atoms with Gasteiger partial charge in [0.15, 0.2) is 5.78 Å². The van der Waals surface area contributed by atoms with Crippen LogP contribution >= 0.6 is 0 Å². The maximum absolute atomic E-state index is 12.1. The molecule has 0 spiro atoms. The molecule has 2 rings (SSSR count). The molecule has 0 fully saturated rings. The van der Waals surface area contributed by atoms with Crippen LogP contribution in [0.25, 0.3) is 0 Å². The van der Waals surface area contributed by atoms with Crippen molar-refractivity contribution < 1.29 is 9.53 Å². The third kappa shape index (κ3) is 1.79. The SMILES string of the molecule is COc1cnccc1C(=O)c1cnn(C)c1. The van der Waals surface area contributed by atoms with Crippen molar-refractivity contribution in [3.63, 3.8) is 0 Å². The fourth-order valence-electron chi connectivity index (χ4n) is 1.42. The van der Waals surface area contributed by atoms with E-state index < -0.39 is 0 Å². The first-order valence-electron chi connectivity index (χ1n) is 4.73. The summed E-state index contributed by atoms with van der Waals surface area (Å²) in [6.45, 7) is 0. The highest BCUT2D eigenvalue weighted by Gasteiger charge is 2.15. The Labute approximate surface area is 92.7 Å². The van der Waals surface area contributed by atoms with Crippen LogP contribution in [-0.4, -0.2) is 27.7 Å². The number of rotatable bonds is 3. The second-order valence-corrected chi connectivity index (χ2v) is 3.31. The summed E-state index contributed by atoms with van der Waals surface area (Å²) in [6, 6.07) is 1.63. The normalized spacial score (nSPS) is 10.1. The molecule has 5 heteroatoms. The van der Waals surface area contributed by atoms with Crippen LogP contribution in [0.3, 0.4) is 0 Å². The Hall–Kier alpha value is -2.17. The van der Waals surface area contributed by atoms with Gasteiger partial charge in [-0.25, -0.2) is 0 Å². The average Bonchev–Trinajstić information content (AvgIpc) is 2.75. The van der Waals surface area contributed by atoms with Crippen LogP contribution in [0.1, 0.15) is 15.9 Å². The van der Waals surface area contributed by atoms with Crippen LogP contribution in [0, 0.1) is 0 Å². The highest BCUT2D eigenvalue weighted by Crippen LogP contribution is 2.19. The summed E-state index contributed by atoms with van der Waals surface area (Å²) in [5.74, 6) is 0.351. The molecule has 0 bridgehead atoms. The third-order valence-electron chi connectivity index (χ3n) is 2.22. The second kappa shape index (κ2) is 4.14. The Kier molecular flexibility index (Phi) is 2.68. The summed E-state index contributed by atoms with van der Waals surface area (Å²) < 4.78 is 6.67. The van der Waals surface area contributed by atoms with Crippen LogP contribution < -0.4 is 4.74 Å². The predicted octanol–water partition coefficient (Wildman–Crippen LogP) is 1.05. The second-order valence-electron chi connectivity index (χ2n) is 3.31. The van der Waals surface area contributed by atoms with Gasteiger partial charge in [-0.2, -0.15) is 5.10 Å². The molecule has 0 aliphatic heterocycles. The first-order chi connectivity index (χ1) is 7.72. The van der Waals surface area contributed by atoms with Gasteiger partial charge in [-0.3, -0.25) is 14.5 Å². The molecule has 0 radical (unpaired) electrons. The van der Waals surface area contributed by atoms with Crippen molar-refractivity contribution >= 4 is 5.78 Å². The van der Waals surface area contributed by atoms with Gasteiger partial charge >= 0.3 is 0 Å². The van der Waals surface area contributed by atoms with Gasteiger partial charge in [-0.1, -0.05) is 0 Å². The van der Waals surface area contributed by atoms with E-state index in [0.29, 0.717) is 16.9 Å². The van der Waals surface area contributed by atoms with Gasteiger partial charge in [0.2, 0.25) is 0 Å². The lowest BCUT2D eigenvalue weighted by Crippen LogP contribution is -2.03. The van der Waals surface area contributed by atoms with E-state index in [0.717, 1.165) is 0 Å². The summed E-state index contributed by atoms with van der Waals surface area (Å²) >= 11 is 0. The highest BCUT2D eigenvalue weighted by atomic mass is 16.5. The predicted molar refractivity (Wildman–Crippen MR) is 57.4 cm³/mol. The Morgan fingerprint density at radius 1 is 1.44 bits per heavy atom. The molecule has 0 aliphatic carbocycles. The van der Waals surface area contributed by atoms with E-state index in [-0.39, 0.29) is 5.78 Å². The number of nitrogens with zero attached hydrogens (tertiary/aromatic N) is 3. The zero-order chi connectivity index (χ0) is 11.5. The quantitative estimate of drug-likeness (QED) is 0.721. The molecule has 0 atom stereocenters.